The van der Waals surface area contributed by atoms with Crippen molar-refractivity contribution < 1.29 is 24.1 Å². The molecule has 3 rings (SSSR count). The molecule has 1 aromatic carbocycles. The van der Waals surface area contributed by atoms with Gasteiger partial charge in [0.1, 0.15) is 18.1 Å². The summed E-state index contributed by atoms with van der Waals surface area (Å²) in [4.78, 5) is 10.9. The average molecular weight is 292 g/mol. The van der Waals surface area contributed by atoms with Crippen molar-refractivity contribution in [2.24, 2.45) is 0 Å². The molecule has 1 aromatic rings. The van der Waals surface area contributed by atoms with E-state index in [9.17, 15) is 4.79 Å². The molecule has 2 heterocycles. The summed E-state index contributed by atoms with van der Waals surface area (Å²) in [5, 5.41) is 8.98. The van der Waals surface area contributed by atoms with Gasteiger partial charge in [0.15, 0.2) is 6.10 Å². The van der Waals surface area contributed by atoms with E-state index in [-0.39, 0.29) is 11.7 Å². The predicted molar refractivity (Wildman–Crippen MR) is 75.9 cm³/mol. The second-order valence-corrected chi connectivity index (χ2v) is 6.27. The van der Waals surface area contributed by atoms with Gasteiger partial charge < -0.3 is 19.3 Å². The first kappa shape index (κ1) is 14.2. The molecule has 2 unspecified atom stereocenters. The van der Waals surface area contributed by atoms with Crippen LogP contribution >= 0.6 is 0 Å². The van der Waals surface area contributed by atoms with Crippen molar-refractivity contribution >= 4 is 5.97 Å². The Balaban J connectivity index is 1.59. The maximum absolute atomic E-state index is 10.9. The first-order valence-corrected chi connectivity index (χ1v) is 7.26. The molecule has 5 nitrogen and oxygen atoms in total. The van der Waals surface area contributed by atoms with Gasteiger partial charge >= 0.3 is 5.97 Å². The molecule has 0 radical (unpaired) electrons. The third-order valence-corrected chi connectivity index (χ3v) is 3.98. The highest BCUT2D eigenvalue weighted by Gasteiger charge is 2.32. The third kappa shape index (κ3) is 3.13. The van der Waals surface area contributed by atoms with Gasteiger partial charge in [-0.25, -0.2) is 4.79 Å². The standard InChI is InChI=1S/C16H20O5/c1-16(2)6-5-12(21-16)9-19-11-4-3-10-7-14(15(17)18)20-13(10)8-11/h3-4,8,12,14H,5-7,9H2,1-2H3,(H,17,18). The Morgan fingerprint density at radius 3 is 2.95 bits per heavy atom. The van der Waals surface area contributed by atoms with E-state index in [1.165, 1.54) is 0 Å². The van der Waals surface area contributed by atoms with Crippen molar-refractivity contribution in [2.75, 3.05) is 6.61 Å². The lowest BCUT2D eigenvalue weighted by Gasteiger charge is -2.19. The zero-order valence-electron chi connectivity index (χ0n) is 12.3. The third-order valence-electron chi connectivity index (χ3n) is 3.98. The average Bonchev–Trinajstić information content (AvgIpc) is 2.99. The fourth-order valence-corrected chi connectivity index (χ4v) is 2.82. The maximum atomic E-state index is 10.9. The van der Waals surface area contributed by atoms with E-state index in [4.69, 9.17) is 19.3 Å². The molecule has 0 aliphatic carbocycles. The van der Waals surface area contributed by atoms with Gasteiger partial charge in [0.25, 0.3) is 0 Å². The summed E-state index contributed by atoms with van der Waals surface area (Å²) in [6, 6.07) is 5.48. The van der Waals surface area contributed by atoms with Gasteiger partial charge in [0.2, 0.25) is 0 Å². The van der Waals surface area contributed by atoms with Crippen LogP contribution in [0.25, 0.3) is 0 Å². The van der Waals surface area contributed by atoms with Crippen molar-refractivity contribution in [1.82, 2.24) is 0 Å². The Kier molecular flexibility index (Phi) is 3.53. The molecule has 2 aliphatic rings. The topological polar surface area (TPSA) is 65.0 Å². The van der Waals surface area contributed by atoms with Crippen LogP contribution in [0.4, 0.5) is 0 Å². The van der Waals surface area contributed by atoms with Gasteiger partial charge in [-0.15, -0.1) is 0 Å². The number of fused-ring (bicyclic) bond motifs is 1. The largest absolute Gasteiger partial charge is 0.491 e. The number of ether oxygens (including phenoxy) is 3. The highest BCUT2D eigenvalue weighted by molar-refractivity contribution is 5.74. The van der Waals surface area contributed by atoms with E-state index in [1.54, 1.807) is 6.07 Å². The fourth-order valence-electron chi connectivity index (χ4n) is 2.82. The Morgan fingerprint density at radius 1 is 1.48 bits per heavy atom. The number of carbonyl (C=O) groups is 1. The Hall–Kier alpha value is -1.75. The SMILES string of the molecule is CC1(C)CCC(COc2ccc3c(c2)OC(C(=O)O)C3)O1. The minimum atomic E-state index is -0.935. The van der Waals surface area contributed by atoms with Crippen LogP contribution < -0.4 is 9.47 Å². The summed E-state index contributed by atoms with van der Waals surface area (Å²) in [6.07, 6.45) is 1.77. The summed E-state index contributed by atoms with van der Waals surface area (Å²) in [6.45, 7) is 4.68. The van der Waals surface area contributed by atoms with Crippen LogP contribution in [-0.2, 0) is 16.0 Å². The summed E-state index contributed by atoms with van der Waals surface area (Å²) in [5.74, 6) is 0.357. The molecular weight excluding hydrogens is 272 g/mol. The van der Waals surface area contributed by atoms with Gasteiger partial charge in [-0.3, -0.25) is 0 Å². The number of rotatable bonds is 4. The number of carboxylic acid groups (broad SMARTS) is 1. The molecule has 5 heteroatoms. The zero-order chi connectivity index (χ0) is 15.0. The molecule has 0 spiro atoms. The Morgan fingerprint density at radius 2 is 2.29 bits per heavy atom. The quantitative estimate of drug-likeness (QED) is 0.923. The molecule has 2 atom stereocenters. The predicted octanol–water partition coefficient (Wildman–Crippen LogP) is 2.41. The zero-order valence-corrected chi connectivity index (χ0v) is 12.3. The van der Waals surface area contributed by atoms with E-state index in [0.717, 1.165) is 18.4 Å². The fraction of sp³-hybridized carbons (Fsp3) is 0.562. The van der Waals surface area contributed by atoms with Gasteiger partial charge in [-0.05, 0) is 38.3 Å². The summed E-state index contributed by atoms with van der Waals surface area (Å²) in [5.41, 5.74) is 0.844. The lowest BCUT2D eigenvalue weighted by molar-refractivity contribution is -0.144. The van der Waals surface area contributed by atoms with Gasteiger partial charge in [-0.2, -0.15) is 0 Å². The summed E-state index contributed by atoms with van der Waals surface area (Å²) in [7, 11) is 0. The molecule has 1 saturated heterocycles. The smallest absolute Gasteiger partial charge is 0.345 e. The van der Waals surface area contributed by atoms with E-state index in [2.05, 4.69) is 13.8 Å². The van der Waals surface area contributed by atoms with Crippen LogP contribution in [0.2, 0.25) is 0 Å². The normalized spacial score (nSPS) is 26.2. The molecule has 0 bridgehead atoms. The monoisotopic (exact) mass is 292 g/mol. The number of benzene rings is 1. The number of hydrogen-bond acceptors (Lipinski definition) is 4. The van der Waals surface area contributed by atoms with Crippen molar-refractivity contribution in [1.29, 1.82) is 0 Å². The van der Waals surface area contributed by atoms with E-state index >= 15 is 0 Å². The second-order valence-electron chi connectivity index (χ2n) is 6.27. The molecule has 0 saturated carbocycles. The number of carboxylic acids is 1. The molecule has 0 aromatic heterocycles. The van der Waals surface area contributed by atoms with Crippen LogP contribution in [0.3, 0.4) is 0 Å². The summed E-state index contributed by atoms with van der Waals surface area (Å²) >= 11 is 0. The minimum absolute atomic E-state index is 0.0657. The van der Waals surface area contributed by atoms with E-state index in [1.807, 2.05) is 12.1 Å². The van der Waals surface area contributed by atoms with E-state index in [0.29, 0.717) is 24.5 Å². The second kappa shape index (κ2) is 5.22. The summed E-state index contributed by atoms with van der Waals surface area (Å²) < 4.78 is 17.0. The highest BCUT2D eigenvalue weighted by atomic mass is 16.6. The van der Waals surface area contributed by atoms with Crippen LogP contribution in [0.15, 0.2) is 18.2 Å². The van der Waals surface area contributed by atoms with Crippen LogP contribution in [-0.4, -0.2) is 35.5 Å². The molecule has 2 aliphatic heterocycles. The molecule has 114 valence electrons. The molecule has 21 heavy (non-hydrogen) atoms. The number of hydrogen-bond donors (Lipinski definition) is 1. The molecular formula is C16H20O5. The van der Waals surface area contributed by atoms with Gasteiger partial charge in [0, 0.05) is 12.5 Å². The van der Waals surface area contributed by atoms with Crippen LogP contribution in [0.1, 0.15) is 32.3 Å². The van der Waals surface area contributed by atoms with Crippen molar-refractivity contribution in [3.8, 4) is 11.5 Å². The lowest BCUT2D eigenvalue weighted by Crippen LogP contribution is -2.24. The van der Waals surface area contributed by atoms with Gasteiger partial charge in [0.05, 0.1) is 11.7 Å². The van der Waals surface area contributed by atoms with Gasteiger partial charge in [-0.1, -0.05) is 6.07 Å². The van der Waals surface area contributed by atoms with Crippen molar-refractivity contribution in [3.05, 3.63) is 23.8 Å². The molecule has 1 N–H and O–H groups in total. The first-order chi connectivity index (χ1) is 9.93. The number of aliphatic carboxylic acids is 1. The van der Waals surface area contributed by atoms with Crippen molar-refractivity contribution in [2.45, 2.75) is 50.9 Å². The Labute approximate surface area is 123 Å². The van der Waals surface area contributed by atoms with Crippen molar-refractivity contribution in [3.63, 3.8) is 0 Å². The molecule has 0 amide bonds. The van der Waals surface area contributed by atoms with Crippen LogP contribution in [0, 0.1) is 0 Å². The maximum Gasteiger partial charge on any atom is 0.345 e. The van der Waals surface area contributed by atoms with E-state index < -0.39 is 12.1 Å². The molecule has 1 fully saturated rings. The first-order valence-electron chi connectivity index (χ1n) is 7.26. The minimum Gasteiger partial charge on any atom is -0.491 e. The lowest BCUT2D eigenvalue weighted by atomic mass is 10.1. The van der Waals surface area contributed by atoms with Crippen LogP contribution in [0.5, 0.6) is 11.5 Å². The Bertz CT molecular complexity index is 552. The highest BCUT2D eigenvalue weighted by Crippen LogP contribution is 2.33.